The highest BCUT2D eigenvalue weighted by atomic mass is 32.1. The molecule has 7 heteroatoms. The van der Waals surface area contributed by atoms with Gasteiger partial charge in [0.25, 0.3) is 11.8 Å². The van der Waals surface area contributed by atoms with Gasteiger partial charge in [-0.15, -0.1) is 11.3 Å². The molecule has 3 rings (SSSR count). The standard InChI is InChI=1S/C24H24N2O4S/c1-17-5-3-6-18(15-17)23(27)26-22(16-21-7-4-14-31-21)24(28)25-12-13-30-20-10-8-19(29-2)9-11-20/h3-11,14-16H,12-13H2,1-2H3,(H,25,28)(H,26,27)/b22-16-. The van der Waals surface area contributed by atoms with Crippen molar-refractivity contribution in [3.63, 3.8) is 0 Å². The van der Waals surface area contributed by atoms with Crippen molar-refractivity contribution in [2.75, 3.05) is 20.3 Å². The van der Waals surface area contributed by atoms with Crippen LogP contribution in [0.25, 0.3) is 6.08 Å². The van der Waals surface area contributed by atoms with E-state index in [1.54, 1.807) is 49.6 Å². The number of benzene rings is 2. The van der Waals surface area contributed by atoms with E-state index in [4.69, 9.17) is 9.47 Å². The molecular weight excluding hydrogens is 412 g/mol. The van der Waals surface area contributed by atoms with Crippen LogP contribution in [0, 0.1) is 6.92 Å². The number of nitrogens with one attached hydrogen (secondary N) is 2. The van der Waals surface area contributed by atoms with E-state index in [9.17, 15) is 9.59 Å². The Morgan fingerprint density at radius 2 is 1.81 bits per heavy atom. The SMILES string of the molecule is COc1ccc(OCCNC(=O)/C(=C/c2cccs2)NC(=O)c2cccc(C)c2)cc1. The van der Waals surface area contributed by atoms with Gasteiger partial charge in [0.05, 0.1) is 13.7 Å². The lowest BCUT2D eigenvalue weighted by Crippen LogP contribution is -2.36. The summed E-state index contributed by atoms with van der Waals surface area (Å²) in [4.78, 5) is 26.2. The van der Waals surface area contributed by atoms with Crippen LogP contribution in [0.4, 0.5) is 0 Å². The van der Waals surface area contributed by atoms with Gasteiger partial charge in [-0.1, -0.05) is 23.8 Å². The van der Waals surface area contributed by atoms with Gasteiger partial charge in [-0.25, -0.2) is 0 Å². The summed E-state index contributed by atoms with van der Waals surface area (Å²) in [6.45, 7) is 2.48. The Kier molecular flexibility index (Phi) is 7.84. The molecule has 3 aromatic rings. The van der Waals surface area contributed by atoms with Gasteiger partial charge in [0.15, 0.2) is 0 Å². The molecule has 2 N–H and O–H groups in total. The lowest BCUT2D eigenvalue weighted by atomic mass is 10.1. The first-order valence-corrected chi connectivity index (χ1v) is 10.6. The molecule has 0 atom stereocenters. The van der Waals surface area contributed by atoms with Gasteiger partial charge in [0.2, 0.25) is 0 Å². The molecule has 6 nitrogen and oxygen atoms in total. The van der Waals surface area contributed by atoms with Crippen LogP contribution in [0.2, 0.25) is 0 Å². The second-order valence-electron chi connectivity index (χ2n) is 6.68. The zero-order chi connectivity index (χ0) is 22.1. The van der Waals surface area contributed by atoms with Crippen molar-refractivity contribution in [2.24, 2.45) is 0 Å². The van der Waals surface area contributed by atoms with E-state index in [2.05, 4.69) is 10.6 Å². The Bertz CT molecular complexity index is 1040. The van der Waals surface area contributed by atoms with Crippen molar-refractivity contribution in [3.05, 3.63) is 87.7 Å². The number of hydrogen-bond donors (Lipinski definition) is 2. The predicted molar refractivity (Wildman–Crippen MR) is 122 cm³/mol. The van der Waals surface area contributed by atoms with E-state index < -0.39 is 0 Å². The first-order chi connectivity index (χ1) is 15.0. The molecule has 2 aromatic carbocycles. The van der Waals surface area contributed by atoms with Crippen LogP contribution >= 0.6 is 11.3 Å². The summed E-state index contributed by atoms with van der Waals surface area (Å²) in [5.41, 5.74) is 1.64. The summed E-state index contributed by atoms with van der Waals surface area (Å²) >= 11 is 1.48. The number of amides is 2. The number of carbonyl (C=O) groups excluding carboxylic acids is 2. The monoisotopic (exact) mass is 436 g/mol. The molecule has 31 heavy (non-hydrogen) atoms. The van der Waals surface area contributed by atoms with Crippen LogP contribution in [-0.2, 0) is 4.79 Å². The molecule has 1 aromatic heterocycles. The molecule has 0 saturated carbocycles. The summed E-state index contributed by atoms with van der Waals surface area (Å²) in [6.07, 6.45) is 1.66. The third-order valence-corrected chi connectivity index (χ3v) is 5.14. The van der Waals surface area contributed by atoms with Crippen molar-refractivity contribution in [1.29, 1.82) is 0 Å². The second kappa shape index (κ2) is 11.0. The molecule has 0 aliphatic heterocycles. The summed E-state index contributed by atoms with van der Waals surface area (Å²) in [5, 5.41) is 7.43. The van der Waals surface area contributed by atoms with E-state index in [0.29, 0.717) is 11.3 Å². The molecule has 0 bridgehead atoms. The molecule has 0 radical (unpaired) electrons. The highest BCUT2D eigenvalue weighted by Crippen LogP contribution is 2.17. The zero-order valence-corrected chi connectivity index (χ0v) is 18.2. The molecule has 0 fully saturated rings. The van der Waals surface area contributed by atoms with E-state index in [-0.39, 0.29) is 30.7 Å². The molecule has 0 aliphatic rings. The Labute approximate surface area is 185 Å². The fourth-order valence-corrected chi connectivity index (χ4v) is 3.41. The average molecular weight is 437 g/mol. The van der Waals surface area contributed by atoms with Crippen LogP contribution in [0.3, 0.4) is 0 Å². The molecule has 0 spiro atoms. The lowest BCUT2D eigenvalue weighted by molar-refractivity contribution is -0.117. The molecule has 160 valence electrons. The van der Waals surface area contributed by atoms with Crippen LogP contribution in [0.15, 0.2) is 71.7 Å². The molecule has 2 amide bonds. The first-order valence-electron chi connectivity index (χ1n) is 9.73. The summed E-state index contributed by atoms with van der Waals surface area (Å²) in [5.74, 6) is 0.703. The summed E-state index contributed by atoms with van der Waals surface area (Å²) in [7, 11) is 1.60. The average Bonchev–Trinajstić information content (AvgIpc) is 3.29. The minimum absolute atomic E-state index is 0.179. The lowest BCUT2D eigenvalue weighted by Gasteiger charge is -2.12. The van der Waals surface area contributed by atoms with Gasteiger partial charge in [-0.05, 0) is 60.8 Å². The van der Waals surface area contributed by atoms with E-state index in [0.717, 1.165) is 16.2 Å². The molecule has 0 unspecified atom stereocenters. The van der Waals surface area contributed by atoms with Gasteiger partial charge in [-0.2, -0.15) is 0 Å². The number of ether oxygens (including phenoxy) is 2. The number of hydrogen-bond acceptors (Lipinski definition) is 5. The van der Waals surface area contributed by atoms with Crippen molar-refractivity contribution in [3.8, 4) is 11.5 Å². The summed E-state index contributed by atoms with van der Waals surface area (Å²) < 4.78 is 10.7. The third-order valence-electron chi connectivity index (χ3n) is 4.32. The smallest absolute Gasteiger partial charge is 0.267 e. The normalized spacial score (nSPS) is 11.0. The minimum atomic E-state index is -0.382. The topological polar surface area (TPSA) is 76.7 Å². The maximum atomic E-state index is 12.7. The van der Waals surface area contributed by atoms with Crippen molar-refractivity contribution in [1.82, 2.24) is 10.6 Å². The van der Waals surface area contributed by atoms with Gasteiger partial charge < -0.3 is 20.1 Å². The Morgan fingerprint density at radius 1 is 1.03 bits per heavy atom. The van der Waals surface area contributed by atoms with Gasteiger partial charge in [0.1, 0.15) is 23.8 Å². The fourth-order valence-electron chi connectivity index (χ4n) is 2.76. The summed E-state index contributed by atoms with van der Waals surface area (Å²) in [6, 6.07) is 18.2. The Balaban J connectivity index is 1.60. The van der Waals surface area contributed by atoms with Gasteiger partial charge >= 0.3 is 0 Å². The van der Waals surface area contributed by atoms with Gasteiger partial charge in [0, 0.05) is 10.4 Å². The largest absolute Gasteiger partial charge is 0.497 e. The number of thiophene rings is 1. The zero-order valence-electron chi connectivity index (χ0n) is 17.4. The number of rotatable bonds is 9. The number of aryl methyl sites for hydroxylation is 1. The second-order valence-corrected chi connectivity index (χ2v) is 7.66. The third kappa shape index (κ3) is 6.72. The molecule has 1 heterocycles. The quantitative estimate of drug-likeness (QED) is 0.392. The van der Waals surface area contributed by atoms with E-state index in [1.807, 2.05) is 36.6 Å². The number of carbonyl (C=O) groups is 2. The van der Waals surface area contributed by atoms with Crippen LogP contribution in [0.5, 0.6) is 11.5 Å². The van der Waals surface area contributed by atoms with E-state index in [1.165, 1.54) is 11.3 Å². The van der Waals surface area contributed by atoms with E-state index >= 15 is 0 Å². The van der Waals surface area contributed by atoms with Gasteiger partial charge in [-0.3, -0.25) is 9.59 Å². The number of methoxy groups -OCH3 is 1. The Morgan fingerprint density at radius 3 is 2.48 bits per heavy atom. The Hall–Kier alpha value is -3.58. The van der Waals surface area contributed by atoms with Crippen LogP contribution < -0.4 is 20.1 Å². The maximum absolute atomic E-state index is 12.7. The first kappa shape index (κ1) is 22.1. The molecule has 0 aliphatic carbocycles. The van der Waals surface area contributed by atoms with Crippen molar-refractivity contribution >= 4 is 29.2 Å². The van der Waals surface area contributed by atoms with Crippen molar-refractivity contribution < 1.29 is 19.1 Å². The maximum Gasteiger partial charge on any atom is 0.267 e. The predicted octanol–water partition coefficient (Wildman–Crippen LogP) is 4.03. The van der Waals surface area contributed by atoms with Crippen LogP contribution in [0.1, 0.15) is 20.8 Å². The van der Waals surface area contributed by atoms with Crippen LogP contribution in [-0.4, -0.2) is 32.1 Å². The highest BCUT2D eigenvalue weighted by molar-refractivity contribution is 7.10. The molecular formula is C24H24N2O4S. The fraction of sp³-hybridized carbons (Fsp3) is 0.167. The minimum Gasteiger partial charge on any atom is -0.497 e. The highest BCUT2D eigenvalue weighted by Gasteiger charge is 2.15. The molecule has 0 saturated heterocycles. The van der Waals surface area contributed by atoms with Crippen molar-refractivity contribution in [2.45, 2.75) is 6.92 Å².